The largest absolute Gasteiger partial charge is 0.344 e. The van der Waals surface area contributed by atoms with Gasteiger partial charge in [0.15, 0.2) is 5.69 Å². The van der Waals surface area contributed by atoms with Crippen LogP contribution in [0.3, 0.4) is 0 Å². The molecule has 1 saturated heterocycles. The quantitative estimate of drug-likeness (QED) is 0.784. The Morgan fingerprint density at radius 2 is 1.93 bits per heavy atom. The zero-order chi connectivity index (χ0) is 20.0. The lowest BCUT2D eigenvalue weighted by Gasteiger charge is -2.38. The van der Waals surface area contributed by atoms with Crippen molar-refractivity contribution in [2.45, 2.75) is 31.8 Å². The van der Waals surface area contributed by atoms with Crippen LogP contribution in [0.15, 0.2) is 18.2 Å². The fourth-order valence-corrected chi connectivity index (χ4v) is 4.16. The Bertz CT molecular complexity index is 941. The third-order valence-electron chi connectivity index (χ3n) is 5.43. The highest BCUT2D eigenvalue weighted by Gasteiger charge is 2.39. The number of rotatable bonds is 3. The first kappa shape index (κ1) is 18.9. The normalized spacial score (nSPS) is 19.9. The molecule has 0 N–H and O–H groups in total. The van der Waals surface area contributed by atoms with Crippen LogP contribution in [0.25, 0.3) is 0 Å². The van der Waals surface area contributed by atoms with Crippen molar-refractivity contribution in [2.24, 2.45) is 0 Å². The van der Waals surface area contributed by atoms with Gasteiger partial charge in [-0.15, -0.1) is 0 Å². The topological polar surface area (TPSA) is 58.4 Å². The Kier molecular flexibility index (Phi) is 4.82. The fourth-order valence-electron chi connectivity index (χ4n) is 3.88. The first-order valence-electron chi connectivity index (χ1n) is 9.12. The molecule has 0 radical (unpaired) electrons. The predicted octanol–water partition coefficient (Wildman–Crippen LogP) is 2.48. The van der Waals surface area contributed by atoms with Gasteiger partial charge >= 0.3 is 0 Å². The Hall–Kier alpha value is -2.48. The van der Waals surface area contributed by atoms with Gasteiger partial charge in [-0.25, -0.2) is 13.5 Å². The monoisotopic (exact) mass is 408 g/mol. The summed E-state index contributed by atoms with van der Waals surface area (Å²) < 4.78 is 29.2. The van der Waals surface area contributed by atoms with Crippen LogP contribution in [-0.2, 0) is 17.8 Å². The van der Waals surface area contributed by atoms with Crippen LogP contribution in [0.4, 0.5) is 8.78 Å². The number of aromatic nitrogens is 2. The van der Waals surface area contributed by atoms with Crippen molar-refractivity contribution in [2.75, 3.05) is 20.1 Å². The molecule has 0 bridgehead atoms. The van der Waals surface area contributed by atoms with Gasteiger partial charge in [0.2, 0.25) is 5.91 Å². The number of likely N-dealkylation sites (N-methyl/N-ethyl adjacent to an activating group) is 1. The lowest BCUT2D eigenvalue weighted by Crippen LogP contribution is -2.54. The van der Waals surface area contributed by atoms with Gasteiger partial charge in [-0.05, 0) is 31.4 Å². The first-order chi connectivity index (χ1) is 13.4. The van der Waals surface area contributed by atoms with Crippen LogP contribution in [0.5, 0.6) is 0 Å². The van der Waals surface area contributed by atoms with E-state index < -0.39 is 17.7 Å². The molecule has 3 heterocycles. The van der Waals surface area contributed by atoms with Crippen molar-refractivity contribution in [1.82, 2.24) is 19.6 Å². The number of carbonyl (C=O) groups is 2. The summed E-state index contributed by atoms with van der Waals surface area (Å²) in [5.74, 6) is -1.85. The molecular weight excluding hydrogens is 390 g/mol. The summed E-state index contributed by atoms with van der Waals surface area (Å²) in [6, 6.07) is 3.10. The van der Waals surface area contributed by atoms with Gasteiger partial charge in [0.05, 0.1) is 6.54 Å². The van der Waals surface area contributed by atoms with E-state index in [0.29, 0.717) is 31.5 Å². The van der Waals surface area contributed by atoms with Gasteiger partial charge in [-0.1, -0.05) is 17.7 Å². The molecule has 148 valence electrons. The van der Waals surface area contributed by atoms with Crippen molar-refractivity contribution in [3.8, 4) is 0 Å². The standard InChI is InChI=1S/C19H19ClF2N4O2/c1-24-8-3-6-15(18(24)27)25-9-7-11-16(19(25)28)23-26(17(11)20)10-12-13(21)4-2-5-14(12)22/h2,4-5,15H,3,6-10H2,1H3. The molecule has 28 heavy (non-hydrogen) atoms. The SMILES string of the molecule is CN1CCCC(N2CCc3c(nn(Cc4c(F)cccc4F)c3Cl)C2=O)C1=O. The summed E-state index contributed by atoms with van der Waals surface area (Å²) >= 11 is 6.36. The van der Waals surface area contributed by atoms with Crippen molar-refractivity contribution in [3.05, 3.63) is 51.8 Å². The number of amides is 2. The number of nitrogens with zero attached hydrogens (tertiary/aromatic N) is 4. The maximum absolute atomic E-state index is 14.0. The molecule has 1 unspecified atom stereocenters. The number of fused-ring (bicyclic) bond motifs is 1. The summed E-state index contributed by atoms with van der Waals surface area (Å²) in [7, 11) is 1.73. The Balaban J connectivity index is 1.64. The zero-order valence-corrected chi connectivity index (χ0v) is 16.0. The number of likely N-dealkylation sites (tertiary alicyclic amines) is 1. The summed E-state index contributed by atoms with van der Waals surface area (Å²) in [5.41, 5.74) is 0.530. The van der Waals surface area contributed by atoms with Gasteiger partial charge < -0.3 is 9.80 Å². The molecule has 2 aromatic rings. The van der Waals surface area contributed by atoms with Crippen molar-refractivity contribution in [1.29, 1.82) is 0 Å². The summed E-state index contributed by atoms with van der Waals surface area (Å²) in [6.07, 6.45) is 1.87. The van der Waals surface area contributed by atoms with Crippen LogP contribution in [0, 0.1) is 11.6 Å². The van der Waals surface area contributed by atoms with Crippen molar-refractivity contribution < 1.29 is 18.4 Å². The highest BCUT2D eigenvalue weighted by molar-refractivity contribution is 6.31. The van der Waals surface area contributed by atoms with E-state index in [-0.39, 0.29) is 34.8 Å². The lowest BCUT2D eigenvalue weighted by molar-refractivity contribution is -0.137. The molecular formula is C19H19ClF2N4O2. The van der Waals surface area contributed by atoms with Crippen LogP contribution in [0.1, 0.15) is 34.5 Å². The Morgan fingerprint density at radius 3 is 2.64 bits per heavy atom. The van der Waals surface area contributed by atoms with Crippen molar-refractivity contribution >= 4 is 23.4 Å². The van der Waals surface area contributed by atoms with Crippen LogP contribution < -0.4 is 0 Å². The molecule has 1 aromatic carbocycles. The predicted molar refractivity (Wildman–Crippen MR) is 98.1 cm³/mol. The Labute approximate surface area is 165 Å². The molecule has 0 saturated carbocycles. The summed E-state index contributed by atoms with van der Waals surface area (Å²) in [5, 5.41) is 4.43. The van der Waals surface area contributed by atoms with Crippen molar-refractivity contribution in [3.63, 3.8) is 0 Å². The molecule has 2 amide bonds. The van der Waals surface area contributed by atoms with Crippen LogP contribution >= 0.6 is 11.6 Å². The highest BCUT2D eigenvalue weighted by Crippen LogP contribution is 2.30. The van der Waals surface area contributed by atoms with Gasteiger partial charge in [-0.3, -0.25) is 9.59 Å². The van der Waals surface area contributed by atoms with E-state index >= 15 is 0 Å². The van der Waals surface area contributed by atoms with Crippen LogP contribution in [-0.4, -0.2) is 57.6 Å². The van der Waals surface area contributed by atoms with E-state index in [9.17, 15) is 18.4 Å². The van der Waals surface area contributed by atoms with Gasteiger partial charge in [0, 0.05) is 31.3 Å². The number of hydrogen-bond acceptors (Lipinski definition) is 3. The number of hydrogen-bond donors (Lipinski definition) is 0. The Morgan fingerprint density at radius 1 is 1.21 bits per heavy atom. The second-order valence-electron chi connectivity index (χ2n) is 7.14. The van der Waals surface area contributed by atoms with E-state index in [2.05, 4.69) is 5.10 Å². The van der Waals surface area contributed by atoms with E-state index in [0.717, 1.165) is 18.6 Å². The maximum atomic E-state index is 14.0. The molecule has 1 fully saturated rings. The van der Waals surface area contributed by atoms with Gasteiger partial charge in [-0.2, -0.15) is 5.10 Å². The molecule has 2 aliphatic heterocycles. The number of halogens is 3. The van der Waals surface area contributed by atoms with E-state index in [4.69, 9.17) is 11.6 Å². The zero-order valence-electron chi connectivity index (χ0n) is 15.3. The average molecular weight is 409 g/mol. The molecule has 0 aliphatic carbocycles. The highest BCUT2D eigenvalue weighted by atomic mass is 35.5. The minimum Gasteiger partial charge on any atom is -0.344 e. The van der Waals surface area contributed by atoms with E-state index in [1.54, 1.807) is 11.9 Å². The number of piperidine rings is 1. The summed E-state index contributed by atoms with van der Waals surface area (Å²) in [4.78, 5) is 28.6. The second kappa shape index (κ2) is 7.16. The van der Waals surface area contributed by atoms with E-state index in [1.807, 2.05) is 0 Å². The first-order valence-corrected chi connectivity index (χ1v) is 9.50. The second-order valence-corrected chi connectivity index (χ2v) is 7.50. The fraction of sp³-hybridized carbons (Fsp3) is 0.421. The molecule has 1 aromatic heterocycles. The minimum absolute atomic E-state index is 0.0815. The molecule has 0 spiro atoms. The van der Waals surface area contributed by atoms with Crippen LogP contribution in [0.2, 0.25) is 5.15 Å². The minimum atomic E-state index is -0.701. The third kappa shape index (κ3) is 3.05. The average Bonchev–Trinajstić information content (AvgIpc) is 2.98. The maximum Gasteiger partial charge on any atom is 0.275 e. The lowest BCUT2D eigenvalue weighted by atomic mass is 9.99. The molecule has 2 aliphatic rings. The van der Waals surface area contributed by atoms with E-state index in [1.165, 1.54) is 15.6 Å². The number of benzene rings is 1. The molecule has 6 nitrogen and oxygen atoms in total. The molecule has 1 atom stereocenters. The van der Waals surface area contributed by atoms with Gasteiger partial charge in [0.1, 0.15) is 22.8 Å². The molecule has 9 heteroatoms. The smallest absolute Gasteiger partial charge is 0.275 e. The van der Waals surface area contributed by atoms with Gasteiger partial charge in [0.25, 0.3) is 5.91 Å². The third-order valence-corrected chi connectivity index (χ3v) is 5.85. The number of carbonyl (C=O) groups excluding carboxylic acids is 2. The molecule has 4 rings (SSSR count). The summed E-state index contributed by atoms with van der Waals surface area (Å²) in [6.45, 7) is 0.815.